The zero-order valence-corrected chi connectivity index (χ0v) is 14.8. The standard InChI is InChI=1S/C20H15N3O2S/c1-13-7-8-14(12-21-13)19(24)23-20-22-17-10-9-16(11-18(17)26-20)25-15-5-3-2-4-6-15/h2-12H,1H3,(H,22,23,24). The van der Waals surface area contributed by atoms with E-state index in [0.717, 1.165) is 27.4 Å². The average molecular weight is 361 g/mol. The lowest BCUT2D eigenvalue weighted by atomic mass is 10.2. The molecule has 0 unspecified atom stereocenters. The predicted octanol–water partition coefficient (Wildman–Crippen LogP) is 5.04. The summed E-state index contributed by atoms with van der Waals surface area (Å²) in [6, 6.07) is 18.8. The first kappa shape index (κ1) is 16.2. The van der Waals surface area contributed by atoms with Crippen molar-refractivity contribution in [3.8, 4) is 11.5 Å². The Bertz CT molecular complexity index is 1060. The third kappa shape index (κ3) is 3.55. The quantitative estimate of drug-likeness (QED) is 0.553. The smallest absolute Gasteiger partial charge is 0.259 e. The summed E-state index contributed by atoms with van der Waals surface area (Å²) in [7, 11) is 0. The Morgan fingerprint density at radius 2 is 1.88 bits per heavy atom. The molecule has 0 atom stereocenters. The molecule has 0 saturated carbocycles. The van der Waals surface area contributed by atoms with Gasteiger partial charge in [0.15, 0.2) is 5.13 Å². The fourth-order valence-corrected chi connectivity index (χ4v) is 3.31. The summed E-state index contributed by atoms with van der Waals surface area (Å²) in [5.74, 6) is 1.28. The van der Waals surface area contributed by atoms with Crippen LogP contribution in [-0.4, -0.2) is 15.9 Å². The molecule has 5 nitrogen and oxygen atoms in total. The largest absolute Gasteiger partial charge is 0.457 e. The molecular formula is C20H15N3O2S. The van der Waals surface area contributed by atoms with Gasteiger partial charge in [-0.05, 0) is 43.3 Å². The number of nitrogens with one attached hydrogen (secondary N) is 1. The number of anilines is 1. The highest BCUT2D eigenvalue weighted by atomic mass is 32.1. The molecule has 0 aliphatic rings. The number of aromatic nitrogens is 2. The van der Waals surface area contributed by atoms with Gasteiger partial charge in [0.05, 0.1) is 15.8 Å². The Morgan fingerprint density at radius 1 is 1.04 bits per heavy atom. The van der Waals surface area contributed by atoms with Crippen molar-refractivity contribution in [3.05, 3.63) is 78.1 Å². The molecule has 2 aromatic heterocycles. The number of hydrogen-bond acceptors (Lipinski definition) is 5. The van der Waals surface area contributed by atoms with E-state index in [4.69, 9.17) is 4.74 Å². The molecule has 0 aliphatic heterocycles. The van der Waals surface area contributed by atoms with Gasteiger partial charge in [0.25, 0.3) is 5.91 Å². The van der Waals surface area contributed by atoms with Crippen molar-refractivity contribution in [2.75, 3.05) is 5.32 Å². The van der Waals surface area contributed by atoms with Crippen LogP contribution in [0.15, 0.2) is 66.9 Å². The molecule has 2 heterocycles. The molecule has 4 aromatic rings. The number of fused-ring (bicyclic) bond motifs is 1. The van der Waals surface area contributed by atoms with Crippen molar-refractivity contribution in [2.45, 2.75) is 6.92 Å². The maximum Gasteiger partial charge on any atom is 0.259 e. The number of carbonyl (C=O) groups is 1. The van der Waals surface area contributed by atoms with Gasteiger partial charge in [-0.25, -0.2) is 4.98 Å². The summed E-state index contributed by atoms with van der Waals surface area (Å²) in [6.45, 7) is 1.88. The fourth-order valence-electron chi connectivity index (χ4n) is 2.42. The lowest BCUT2D eigenvalue weighted by Crippen LogP contribution is -2.11. The molecular weight excluding hydrogens is 346 g/mol. The van der Waals surface area contributed by atoms with Crippen molar-refractivity contribution >= 4 is 32.6 Å². The van der Waals surface area contributed by atoms with Crippen molar-refractivity contribution < 1.29 is 9.53 Å². The highest BCUT2D eigenvalue weighted by molar-refractivity contribution is 7.22. The lowest BCUT2D eigenvalue weighted by molar-refractivity contribution is 0.102. The van der Waals surface area contributed by atoms with E-state index in [0.29, 0.717) is 10.7 Å². The van der Waals surface area contributed by atoms with E-state index in [1.54, 1.807) is 18.3 Å². The number of amides is 1. The van der Waals surface area contributed by atoms with Crippen LogP contribution in [0.2, 0.25) is 0 Å². The molecule has 128 valence electrons. The zero-order valence-electron chi connectivity index (χ0n) is 14.0. The molecule has 2 aromatic carbocycles. The van der Waals surface area contributed by atoms with Crippen LogP contribution in [0.5, 0.6) is 11.5 Å². The summed E-state index contributed by atoms with van der Waals surface area (Å²) in [5, 5.41) is 3.37. The first-order valence-corrected chi connectivity index (χ1v) is 8.86. The maximum absolute atomic E-state index is 12.3. The van der Waals surface area contributed by atoms with Gasteiger partial charge in [0, 0.05) is 18.0 Å². The number of ether oxygens (including phenoxy) is 1. The van der Waals surface area contributed by atoms with Crippen LogP contribution < -0.4 is 10.1 Å². The van der Waals surface area contributed by atoms with Gasteiger partial charge in [0.2, 0.25) is 0 Å². The minimum atomic E-state index is -0.225. The van der Waals surface area contributed by atoms with Crippen molar-refractivity contribution in [1.82, 2.24) is 9.97 Å². The molecule has 1 N–H and O–H groups in total. The third-order valence-corrected chi connectivity index (χ3v) is 4.67. The number of carbonyl (C=O) groups excluding carboxylic acids is 1. The van der Waals surface area contributed by atoms with Crippen LogP contribution in [0.1, 0.15) is 16.1 Å². The van der Waals surface area contributed by atoms with Gasteiger partial charge in [-0.3, -0.25) is 15.1 Å². The second-order valence-corrected chi connectivity index (χ2v) is 6.74. The first-order chi connectivity index (χ1) is 12.7. The van der Waals surface area contributed by atoms with Crippen LogP contribution in [0.3, 0.4) is 0 Å². The van der Waals surface area contributed by atoms with Crippen molar-refractivity contribution in [2.24, 2.45) is 0 Å². The highest BCUT2D eigenvalue weighted by Crippen LogP contribution is 2.31. The minimum absolute atomic E-state index is 0.225. The maximum atomic E-state index is 12.3. The van der Waals surface area contributed by atoms with E-state index >= 15 is 0 Å². The zero-order chi connectivity index (χ0) is 17.9. The highest BCUT2D eigenvalue weighted by Gasteiger charge is 2.11. The summed E-state index contributed by atoms with van der Waals surface area (Å²) < 4.78 is 6.78. The molecule has 0 spiro atoms. The molecule has 1 amide bonds. The number of para-hydroxylation sites is 1. The van der Waals surface area contributed by atoms with Crippen LogP contribution in [0.4, 0.5) is 5.13 Å². The molecule has 0 radical (unpaired) electrons. The van der Waals surface area contributed by atoms with Gasteiger partial charge in [-0.1, -0.05) is 29.5 Å². The Hall–Kier alpha value is -3.25. The topological polar surface area (TPSA) is 64.1 Å². The Morgan fingerprint density at radius 3 is 2.65 bits per heavy atom. The van der Waals surface area contributed by atoms with E-state index in [9.17, 15) is 4.79 Å². The first-order valence-electron chi connectivity index (χ1n) is 8.05. The molecule has 0 saturated heterocycles. The Balaban J connectivity index is 1.53. The van der Waals surface area contributed by atoms with E-state index in [2.05, 4.69) is 15.3 Å². The number of nitrogens with zero attached hydrogens (tertiary/aromatic N) is 2. The lowest BCUT2D eigenvalue weighted by Gasteiger charge is -2.04. The summed E-state index contributed by atoms with van der Waals surface area (Å²) in [4.78, 5) is 20.9. The molecule has 0 bridgehead atoms. The second kappa shape index (κ2) is 6.93. The number of hydrogen-bond donors (Lipinski definition) is 1. The minimum Gasteiger partial charge on any atom is -0.457 e. The van der Waals surface area contributed by atoms with Crippen LogP contribution in [0.25, 0.3) is 10.2 Å². The summed E-state index contributed by atoms with van der Waals surface area (Å²) in [5.41, 5.74) is 2.18. The summed E-state index contributed by atoms with van der Waals surface area (Å²) in [6.07, 6.45) is 1.56. The van der Waals surface area contributed by atoms with E-state index in [1.165, 1.54) is 11.3 Å². The number of aryl methyl sites for hydroxylation is 1. The molecule has 26 heavy (non-hydrogen) atoms. The normalized spacial score (nSPS) is 10.7. The van der Waals surface area contributed by atoms with E-state index < -0.39 is 0 Å². The van der Waals surface area contributed by atoms with Gasteiger partial charge in [0.1, 0.15) is 11.5 Å². The van der Waals surface area contributed by atoms with Gasteiger partial charge in [-0.15, -0.1) is 0 Å². The molecule has 4 rings (SSSR count). The number of pyridine rings is 1. The predicted molar refractivity (Wildman–Crippen MR) is 103 cm³/mol. The molecule has 0 fully saturated rings. The van der Waals surface area contributed by atoms with Gasteiger partial charge in [-0.2, -0.15) is 0 Å². The Labute approximate surface area is 154 Å². The molecule has 6 heteroatoms. The van der Waals surface area contributed by atoms with Crippen LogP contribution in [-0.2, 0) is 0 Å². The average Bonchev–Trinajstić information content (AvgIpc) is 3.04. The van der Waals surface area contributed by atoms with Crippen molar-refractivity contribution in [3.63, 3.8) is 0 Å². The van der Waals surface area contributed by atoms with Gasteiger partial charge >= 0.3 is 0 Å². The second-order valence-electron chi connectivity index (χ2n) is 5.71. The van der Waals surface area contributed by atoms with Crippen LogP contribution >= 0.6 is 11.3 Å². The van der Waals surface area contributed by atoms with E-state index in [-0.39, 0.29) is 5.91 Å². The SMILES string of the molecule is Cc1ccc(C(=O)Nc2nc3ccc(Oc4ccccc4)cc3s2)cn1. The van der Waals surface area contributed by atoms with E-state index in [1.807, 2.05) is 55.5 Å². The monoisotopic (exact) mass is 361 g/mol. The third-order valence-electron chi connectivity index (χ3n) is 3.73. The number of rotatable bonds is 4. The fraction of sp³-hybridized carbons (Fsp3) is 0.0500. The van der Waals surface area contributed by atoms with Crippen LogP contribution in [0, 0.1) is 6.92 Å². The van der Waals surface area contributed by atoms with Crippen molar-refractivity contribution in [1.29, 1.82) is 0 Å². The summed E-state index contributed by atoms with van der Waals surface area (Å²) >= 11 is 1.40. The number of benzene rings is 2. The van der Waals surface area contributed by atoms with Gasteiger partial charge < -0.3 is 4.74 Å². The number of thiazole rings is 1. The Kier molecular flexibility index (Phi) is 4.33. The molecule has 0 aliphatic carbocycles.